The summed E-state index contributed by atoms with van der Waals surface area (Å²) in [6, 6.07) is 4.24. The Bertz CT molecular complexity index is 443. The van der Waals surface area contributed by atoms with Crippen LogP contribution < -0.4 is 0 Å². The van der Waals surface area contributed by atoms with Crippen LogP contribution in [-0.2, 0) is 6.42 Å². The molecule has 0 spiro atoms. The quantitative estimate of drug-likeness (QED) is 0.777. The number of hydrogen-bond donors (Lipinski definition) is 1. The molecule has 0 unspecified atom stereocenters. The van der Waals surface area contributed by atoms with Gasteiger partial charge in [-0.15, -0.1) is 0 Å². The highest BCUT2D eigenvalue weighted by atomic mass is 79.9. The lowest BCUT2D eigenvalue weighted by molar-refractivity contribution is 1.15. The van der Waals surface area contributed by atoms with Crippen molar-refractivity contribution in [3.63, 3.8) is 0 Å². The lowest BCUT2D eigenvalue weighted by Crippen LogP contribution is -1.80. The van der Waals surface area contributed by atoms with E-state index in [0.29, 0.717) is 0 Å². The van der Waals surface area contributed by atoms with Crippen LogP contribution in [0.1, 0.15) is 18.1 Å². The predicted octanol–water partition coefficient (Wildman–Crippen LogP) is 3.80. The molecule has 0 amide bonds. The molecule has 1 nitrogen and oxygen atoms in total. The minimum absolute atomic E-state index is 1.08. The molecule has 2 heteroatoms. The van der Waals surface area contributed by atoms with Gasteiger partial charge in [0.25, 0.3) is 0 Å². The Morgan fingerprint density at radius 1 is 1.38 bits per heavy atom. The Morgan fingerprint density at radius 2 is 2.15 bits per heavy atom. The number of aromatic nitrogens is 1. The number of rotatable bonds is 1. The lowest BCUT2D eigenvalue weighted by atomic mass is 10.1. The summed E-state index contributed by atoms with van der Waals surface area (Å²) in [5.74, 6) is 0. The maximum atomic E-state index is 3.54. The molecular formula is C11H12BrN. The number of aryl methyl sites for hydroxylation is 2. The fourth-order valence-electron chi connectivity index (χ4n) is 1.75. The molecule has 0 bridgehead atoms. The topological polar surface area (TPSA) is 15.8 Å². The van der Waals surface area contributed by atoms with Gasteiger partial charge >= 0.3 is 0 Å². The Morgan fingerprint density at radius 3 is 2.85 bits per heavy atom. The van der Waals surface area contributed by atoms with Crippen LogP contribution in [0.3, 0.4) is 0 Å². The van der Waals surface area contributed by atoms with Crippen molar-refractivity contribution in [2.24, 2.45) is 0 Å². The van der Waals surface area contributed by atoms with Crippen molar-refractivity contribution < 1.29 is 0 Å². The third kappa shape index (κ3) is 1.29. The van der Waals surface area contributed by atoms with E-state index in [0.717, 1.165) is 10.9 Å². The first-order valence-corrected chi connectivity index (χ1v) is 5.28. The second kappa shape index (κ2) is 3.18. The second-order valence-electron chi connectivity index (χ2n) is 3.28. The highest BCUT2D eigenvalue weighted by Gasteiger charge is 2.06. The molecule has 0 aliphatic rings. The maximum absolute atomic E-state index is 3.54. The number of fused-ring (bicyclic) bond motifs is 1. The van der Waals surface area contributed by atoms with Gasteiger partial charge in [0, 0.05) is 16.1 Å². The summed E-state index contributed by atoms with van der Waals surface area (Å²) < 4.78 is 1.15. The van der Waals surface area contributed by atoms with E-state index in [9.17, 15) is 0 Å². The summed E-state index contributed by atoms with van der Waals surface area (Å²) in [6.45, 7) is 4.34. The molecule has 2 aromatic rings. The van der Waals surface area contributed by atoms with Gasteiger partial charge in [0.1, 0.15) is 0 Å². The van der Waals surface area contributed by atoms with E-state index in [4.69, 9.17) is 0 Å². The summed E-state index contributed by atoms with van der Waals surface area (Å²) in [6.07, 6.45) is 3.18. The van der Waals surface area contributed by atoms with Crippen molar-refractivity contribution in [2.45, 2.75) is 20.3 Å². The molecule has 2 rings (SSSR count). The van der Waals surface area contributed by atoms with Crippen LogP contribution in [0.2, 0.25) is 0 Å². The predicted molar refractivity (Wildman–Crippen MR) is 60.1 cm³/mol. The van der Waals surface area contributed by atoms with E-state index in [1.165, 1.54) is 22.0 Å². The van der Waals surface area contributed by atoms with E-state index in [2.05, 4.69) is 53.1 Å². The molecule has 0 aliphatic carbocycles. The van der Waals surface area contributed by atoms with Crippen molar-refractivity contribution in [3.8, 4) is 0 Å². The monoisotopic (exact) mass is 237 g/mol. The molecule has 13 heavy (non-hydrogen) atoms. The van der Waals surface area contributed by atoms with Crippen LogP contribution >= 0.6 is 15.9 Å². The minimum atomic E-state index is 1.08. The van der Waals surface area contributed by atoms with Crippen LogP contribution in [0.25, 0.3) is 10.9 Å². The molecule has 1 aromatic carbocycles. The average molecular weight is 238 g/mol. The third-order valence-electron chi connectivity index (χ3n) is 2.46. The molecule has 1 aromatic heterocycles. The molecule has 0 atom stereocenters. The van der Waals surface area contributed by atoms with Gasteiger partial charge in [-0.3, -0.25) is 0 Å². The van der Waals surface area contributed by atoms with Crippen LogP contribution in [0.5, 0.6) is 0 Å². The zero-order chi connectivity index (χ0) is 9.42. The molecule has 0 aliphatic heterocycles. The summed E-state index contributed by atoms with van der Waals surface area (Å²) in [7, 11) is 0. The number of nitrogens with one attached hydrogen (secondary N) is 1. The normalized spacial score (nSPS) is 11.0. The number of aromatic amines is 1. The van der Waals surface area contributed by atoms with Gasteiger partial charge in [0.05, 0.1) is 5.52 Å². The van der Waals surface area contributed by atoms with Crippen LogP contribution in [0.15, 0.2) is 22.8 Å². The molecule has 0 saturated heterocycles. The largest absolute Gasteiger partial charge is 0.360 e. The van der Waals surface area contributed by atoms with Crippen LogP contribution in [0.4, 0.5) is 0 Å². The Kier molecular flexibility index (Phi) is 2.16. The number of benzene rings is 1. The first-order chi connectivity index (χ1) is 6.24. The molecule has 1 heterocycles. The fraction of sp³-hybridized carbons (Fsp3) is 0.273. The molecule has 0 radical (unpaired) electrons. The van der Waals surface area contributed by atoms with Gasteiger partial charge in [-0.1, -0.05) is 13.0 Å². The van der Waals surface area contributed by atoms with Crippen LogP contribution in [0, 0.1) is 6.92 Å². The summed E-state index contributed by atoms with van der Waals surface area (Å²) in [4.78, 5) is 3.30. The van der Waals surface area contributed by atoms with Crippen molar-refractivity contribution in [1.82, 2.24) is 4.98 Å². The Labute approximate surface area is 86.3 Å². The fourth-order valence-corrected chi connectivity index (χ4v) is 2.19. The minimum Gasteiger partial charge on any atom is -0.360 e. The van der Waals surface area contributed by atoms with E-state index in [1.807, 2.05) is 0 Å². The summed E-state index contributed by atoms with van der Waals surface area (Å²) in [5.41, 5.74) is 3.96. The Hall–Kier alpha value is -0.760. The Balaban J connectivity index is 2.87. The summed E-state index contributed by atoms with van der Waals surface area (Å²) >= 11 is 3.54. The summed E-state index contributed by atoms with van der Waals surface area (Å²) in [5, 5.41) is 1.37. The molecule has 0 saturated carbocycles. The highest BCUT2D eigenvalue weighted by molar-refractivity contribution is 9.10. The van der Waals surface area contributed by atoms with Gasteiger partial charge in [0.2, 0.25) is 0 Å². The third-order valence-corrected chi connectivity index (χ3v) is 3.12. The zero-order valence-electron chi connectivity index (χ0n) is 7.82. The van der Waals surface area contributed by atoms with Gasteiger partial charge in [-0.05, 0) is 46.5 Å². The van der Waals surface area contributed by atoms with Gasteiger partial charge in [0.15, 0.2) is 0 Å². The van der Waals surface area contributed by atoms with Gasteiger partial charge in [-0.2, -0.15) is 0 Å². The molecule has 1 N–H and O–H groups in total. The smallest absolute Gasteiger partial charge is 0.0603 e. The average Bonchev–Trinajstić information content (AvgIpc) is 2.56. The van der Waals surface area contributed by atoms with E-state index in [-0.39, 0.29) is 0 Å². The first kappa shape index (κ1) is 8.82. The molecule has 68 valence electrons. The second-order valence-corrected chi connectivity index (χ2v) is 4.14. The van der Waals surface area contributed by atoms with Crippen molar-refractivity contribution in [1.29, 1.82) is 0 Å². The number of hydrogen-bond acceptors (Lipinski definition) is 0. The van der Waals surface area contributed by atoms with Gasteiger partial charge in [-0.25, -0.2) is 0 Å². The van der Waals surface area contributed by atoms with E-state index in [1.54, 1.807) is 0 Å². The van der Waals surface area contributed by atoms with E-state index >= 15 is 0 Å². The van der Waals surface area contributed by atoms with Crippen molar-refractivity contribution in [3.05, 3.63) is 33.9 Å². The number of halogens is 1. The van der Waals surface area contributed by atoms with Crippen molar-refractivity contribution in [2.75, 3.05) is 0 Å². The molecule has 0 fully saturated rings. The first-order valence-electron chi connectivity index (χ1n) is 4.49. The standard InChI is InChI=1S/C11H12BrN/c1-3-8-6-13-11-9(12)5-4-7(2)10(8)11/h4-6,13H,3H2,1-2H3. The van der Waals surface area contributed by atoms with Crippen molar-refractivity contribution >= 4 is 26.8 Å². The SMILES string of the molecule is CCc1c[nH]c2c(Br)ccc(C)c12. The van der Waals surface area contributed by atoms with Gasteiger partial charge < -0.3 is 4.98 Å². The lowest BCUT2D eigenvalue weighted by Gasteiger charge is -2.00. The highest BCUT2D eigenvalue weighted by Crippen LogP contribution is 2.28. The maximum Gasteiger partial charge on any atom is 0.0603 e. The molecular weight excluding hydrogens is 226 g/mol. The van der Waals surface area contributed by atoms with Crippen LogP contribution in [-0.4, -0.2) is 4.98 Å². The number of H-pyrrole nitrogens is 1. The van der Waals surface area contributed by atoms with E-state index < -0.39 is 0 Å². The zero-order valence-corrected chi connectivity index (χ0v) is 9.40.